The molecule has 0 saturated carbocycles. The monoisotopic (exact) mass is 256 g/mol. The average Bonchev–Trinajstić information content (AvgIpc) is 2.98. The maximum absolute atomic E-state index is 5.17. The minimum atomic E-state index is 0.605. The third-order valence-electron chi connectivity index (χ3n) is 3.09. The largest absolute Gasteiger partial charge is 0.338 e. The van der Waals surface area contributed by atoms with Gasteiger partial charge in [0.1, 0.15) is 6.54 Å². The Balaban J connectivity index is 1.96. The normalized spacial score (nSPS) is 11.3. The van der Waals surface area contributed by atoms with E-state index in [0.717, 1.165) is 6.54 Å². The van der Waals surface area contributed by atoms with E-state index < -0.39 is 0 Å². The minimum absolute atomic E-state index is 0.605. The number of nitrogens with zero attached hydrogens (tertiary/aromatic N) is 3. The van der Waals surface area contributed by atoms with Crippen molar-refractivity contribution in [3.63, 3.8) is 0 Å². The molecule has 0 aliphatic heterocycles. The standard InChI is InChI=1S/C14H16N4O/c1-10-16-14(19-17-10)9-18-6-5-12-4-3-11(8-15-2)7-13(12)18/h3-7,15H,8-9H2,1-2H3. The molecule has 0 aliphatic carbocycles. The van der Waals surface area contributed by atoms with Gasteiger partial charge in [0.2, 0.25) is 5.89 Å². The summed E-state index contributed by atoms with van der Waals surface area (Å²) in [7, 11) is 1.95. The third kappa shape index (κ3) is 2.37. The predicted molar refractivity (Wildman–Crippen MR) is 72.8 cm³/mol. The Morgan fingerprint density at radius 1 is 1.32 bits per heavy atom. The quantitative estimate of drug-likeness (QED) is 0.776. The summed E-state index contributed by atoms with van der Waals surface area (Å²) in [6.07, 6.45) is 2.05. The van der Waals surface area contributed by atoms with E-state index in [9.17, 15) is 0 Å². The van der Waals surface area contributed by atoms with Crippen molar-refractivity contribution >= 4 is 10.9 Å². The van der Waals surface area contributed by atoms with Gasteiger partial charge in [0, 0.05) is 18.3 Å². The number of aromatic nitrogens is 3. The number of rotatable bonds is 4. The molecule has 19 heavy (non-hydrogen) atoms. The molecule has 5 heteroatoms. The smallest absolute Gasteiger partial charge is 0.246 e. The Kier molecular flexibility index (Phi) is 3.05. The molecule has 2 heterocycles. The van der Waals surface area contributed by atoms with Crippen molar-refractivity contribution in [2.75, 3.05) is 7.05 Å². The van der Waals surface area contributed by atoms with Crippen molar-refractivity contribution in [3.05, 3.63) is 47.7 Å². The van der Waals surface area contributed by atoms with Crippen LogP contribution in [0, 0.1) is 6.92 Å². The van der Waals surface area contributed by atoms with Gasteiger partial charge in [-0.05, 0) is 37.1 Å². The molecule has 98 valence electrons. The Hall–Kier alpha value is -2.14. The molecule has 0 radical (unpaired) electrons. The SMILES string of the molecule is CNCc1ccc2ccn(Cc3nc(C)no3)c2c1. The molecule has 0 atom stereocenters. The number of hydrogen-bond donors (Lipinski definition) is 1. The van der Waals surface area contributed by atoms with Crippen molar-refractivity contribution in [2.24, 2.45) is 0 Å². The summed E-state index contributed by atoms with van der Waals surface area (Å²) in [5.41, 5.74) is 2.44. The number of fused-ring (bicyclic) bond motifs is 1. The molecule has 0 unspecified atom stereocenters. The molecule has 2 aromatic heterocycles. The van der Waals surface area contributed by atoms with Crippen molar-refractivity contribution in [2.45, 2.75) is 20.0 Å². The van der Waals surface area contributed by atoms with Crippen LogP contribution in [0.15, 0.2) is 35.0 Å². The number of aryl methyl sites for hydroxylation is 1. The number of benzene rings is 1. The Labute approximate surface area is 111 Å². The Bertz CT molecular complexity index is 698. The van der Waals surface area contributed by atoms with Gasteiger partial charge < -0.3 is 14.4 Å². The molecular weight excluding hydrogens is 240 g/mol. The van der Waals surface area contributed by atoms with Gasteiger partial charge in [-0.2, -0.15) is 4.98 Å². The highest BCUT2D eigenvalue weighted by molar-refractivity contribution is 5.80. The minimum Gasteiger partial charge on any atom is -0.338 e. The van der Waals surface area contributed by atoms with Crippen molar-refractivity contribution in [3.8, 4) is 0 Å². The first kappa shape index (κ1) is 11.9. The summed E-state index contributed by atoms with van der Waals surface area (Å²) < 4.78 is 7.30. The summed E-state index contributed by atoms with van der Waals surface area (Å²) in [5.74, 6) is 1.30. The highest BCUT2D eigenvalue weighted by Crippen LogP contribution is 2.18. The number of nitrogens with one attached hydrogen (secondary N) is 1. The zero-order chi connectivity index (χ0) is 13.2. The van der Waals surface area contributed by atoms with Gasteiger partial charge in [0.25, 0.3) is 0 Å². The topological polar surface area (TPSA) is 55.9 Å². The van der Waals surface area contributed by atoms with Crippen molar-refractivity contribution in [1.29, 1.82) is 0 Å². The van der Waals surface area contributed by atoms with Crippen molar-refractivity contribution < 1.29 is 4.52 Å². The summed E-state index contributed by atoms with van der Waals surface area (Å²) in [6, 6.07) is 8.56. The van der Waals surface area contributed by atoms with Gasteiger partial charge in [-0.25, -0.2) is 0 Å². The van der Waals surface area contributed by atoms with Crippen LogP contribution in [0.25, 0.3) is 10.9 Å². The fraction of sp³-hybridized carbons (Fsp3) is 0.286. The van der Waals surface area contributed by atoms with Gasteiger partial charge in [0.15, 0.2) is 5.82 Å². The molecule has 0 saturated heterocycles. The molecule has 5 nitrogen and oxygen atoms in total. The molecule has 1 N–H and O–H groups in total. The molecule has 3 aromatic rings. The molecular formula is C14H16N4O. The van der Waals surface area contributed by atoms with Crippen LogP contribution in [0.1, 0.15) is 17.3 Å². The van der Waals surface area contributed by atoms with Crippen LogP contribution in [-0.2, 0) is 13.1 Å². The van der Waals surface area contributed by atoms with E-state index in [1.54, 1.807) is 0 Å². The van der Waals surface area contributed by atoms with Crippen LogP contribution in [0.4, 0.5) is 0 Å². The maximum Gasteiger partial charge on any atom is 0.246 e. The lowest BCUT2D eigenvalue weighted by atomic mass is 10.1. The molecule has 0 spiro atoms. The van der Waals surface area contributed by atoms with Gasteiger partial charge in [0.05, 0.1) is 0 Å². The lowest BCUT2D eigenvalue weighted by Gasteiger charge is -2.04. The fourth-order valence-corrected chi connectivity index (χ4v) is 2.23. The van der Waals surface area contributed by atoms with E-state index in [1.165, 1.54) is 16.5 Å². The molecule has 0 bridgehead atoms. The second kappa shape index (κ2) is 4.85. The highest BCUT2D eigenvalue weighted by Gasteiger charge is 2.07. The predicted octanol–water partition coefficient (Wildman–Crippen LogP) is 2.10. The van der Waals surface area contributed by atoms with Gasteiger partial charge in [-0.15, -0.1) is 0 Å². The van der Waals surface area contributed by atoms with E-state index in [1.807, 2.05) is 20.2 Å². The molecule has 3 rings (SSSR count). The lowest BCUT2D eigenvalue weighted by molar-refractivity contribution is 0.369. The number of hydrogen-bond acceptors (Lipinski definition) is 4. The van der Waals surface area contributed by atoms with Crippen LogP contribution in [-0.4, -0.2) is 21.8 Å². The van der Waals surface area contributed by atoms with E-state index in [-0.39, 0.29) is 0 Å². The van der Waals surface area contributed by atoms with Crippen LogP contribution in [0.3, 0.4) is 0 Å². The first-order valence-electron chi connectivity index (χ1n) is 6.28. The molecule has 1 aromatic carbocycles. The maximum atomic E-state index is 5.17. The van der Waals surface area contributed by atoms with E-state index in [0.29, 0.717) is 18.3 Å². The summed E-state index contributed by atoms with van der Waals surface area (Å²) >= 11 is 0. The lowest BCUT2D eigenvalue weighted by Crippen LogP contribution is -2.05. The van der Waals surface area contributed by atoms with Gasteiger partial charge in [-0.1, -0.05) is 17.3 Å². The average molecular weight is 256 g/mol. The summed E-state index contributed by atoms with van der Waals surface area (Å²) in [5, 5.41) is 8.20. The second-order valence-electron chi connectivity index (χ2n) is 4.60. The Morgan fingerprint density at radius 2 is 2.21 bits per heavy atom. The van der Waals surface area contributed by atoms with E-state index in [4.69, 9.17) is 4.52 Å². The first-order chi connectivity index (χ1) is 9.26. The molecule has 0 aliphatic rings. The van der Waals surface area contributed by atoms with Gasteiger partial charge in [-0.3, -0.25) is 0 Å². The fourth-order valence-electron chi connectivity index (χ4n) is 2.23. The van der Waals surface area contributed by atoms with E-state index in [2.05, 4.69) is 44.3 Å². The molecule has 0 amide bonds. The zero-order valence-corrected chi connectivity index (χ0v) is 11.1. The van der Waals surface area contributed by atoms with Crippen LogP contribution in [0.2, 0.25) is 0 Å². The van der Waals surface area contributed by atoms with Crippen molar-refractivity contribution in [1.82, 2.24) is 20.0 Å². The van der Waals surface area contributed by atoms with Crippen LogP contribution < -0.4 is 5.32 Å². The first-order valence-corrected chi connectivity index (χ1v) is 6.28. The van der Waals surface area contributed by atoms with Gasteiger partial charge >= 0.3 is 0 Å². The molecule has 0 fully saturated rings. The zero-order valence-electron chi connectivity index (χ0n) is 11.1. The third-order valence-corrected chi connectivity index (χ3v) is 3.09. The highest BCUT2D eigenvalue weighted by atomic mass is 16.5. The summed E-state index contributed by atoms with van der Waals surface area (Å²) in [4.78, 5) is 4.24. The Morgan fingerprint density at radius 3 is 2.95 bits per heavy atom. The van der Waals surface area contributed by atoms with Crippen LogP contribution >= 0.6 is 0 Å². The van der Waals surface area contributed by atoms with E-state index >= 15 is 0 Å². The summed E-state index contributed by atoms with van der Waals surface area (Å²) in [6.45, 7) is 3.29. The second-order valence-corrected chi connectivity index (χ2v) is 4.60. The van der Waals surface area contributed by atoms with Crippen LogP contribution in [0.5, 0.6) is 0 Å².